The molecule has 0 bridgehead atoms. The van der Waals surface area contributed by atoms with Gasteiger partial charge in [0.1, 0.15) is 0 Å². The molecule has 0 atom stereocenters. The van der Waals surface area contributed by atoms with Crippen molar-refractivity contribution in [3.05, 3.63) is 47.0 Å². The lowest BCUT2D eigenvalue weighted by atomic mass is 10.1. The molecule has 1 aromatic carbocycles. The molecule has 17 heavy (non-hydrogen) atoms. The predicted molar refractivity (Wildman–Crippen MR) is 68.2 cm³/mol. The van der Waals surface area contributed by atoms with Crippen LogP contribution in [0.3, 0.4) is 0 Å². The number of halogens is 1. The van der Waals surface area contributed by atoms with Gasteiger partial charge in [-0.1, -0.05) is 11.6 Å². The lowest BCUT2D eigenvalue weighted by Crippen LogP contribution is -2.28. The van der Waals surface area contributed by atoms with Crippen LogP contribution < -0.4 is 5.32 Å². The molecule has 0 heterocycles. The fourth-order valence-electron chi connectivity index (χ4n) is 1.19. The molecule has 0 aliphatic rings. The van der Waals surface area contributed by atoms with Crippen LogP contribution in [-0.4, -0.2) is 17.7 Å². The van der Waals surface area contributed by atoms with Gasteiger partial charge >= 0.3 is 0 Å². The molecule has 3 nitrogen and oxygen atoms in total. The van der Waals surface area contributed by atoms with Crippen LogP contribution in [0.1, 0.15) is 24.2 Å². The molecule has 90 valence electrons. The van der Waals surface area contributed by atoms with Gasteiger partial charge in [0, 0.05) is 22.7 Å². The van der Waals surface area contributed by atoms with Crippen LogP contribution in [0.2, 0.25) is 5.02 Å². The average Bonchev–Trinajstić information content (AvgIpc) is 2.26. The maximum atomic E-state index is 11.6. The third-order valence-corrected chi connectivity index (χ3v) is 2.20. The second kappa shape index (κ2) is 6.21. The second-order valence-corrected chi connectivity index (χ2v) is 4.30. The van der Waals surface area contributed by atoms with Crippen LogP contribution >= 0.6 is 11.6 Å². The van der Waals surface area contributed by atoms with E-state index in [-0.39, 0.29) is 17.7 Å². The summed E-state index contributed by atoms with van der Waals surface area (Å²) >= 11 is 5.71. The lowest BCUT2D eigenvalue weighted by molar-refractivity contribution is -0.116. The number of nitrogens with one attached hydrogen (secondary N) is 1. The van der Waals surface area contributed by atoms with Crippen molar-refractivity contribution in [2.24, 2.45) is 0 Å². The zero-order valence-corrected chi connectivity index (χ0v) is 10.5. The van der Waals surface area contributed by atoms with E-state index in [4.69, 9.17) is 11.6 Å². The van der Waals surface area contributed by atoms with E-state index in [1.807, 2.05) is 13.8 Å². The summed E-state index contributed by atoms with van der Waals surface area (Å²) in [5.41, 5.74) is 0.503. The van der Waals surface area contributed by atoms with Gasteiger partial charge in [-0.3, -0.25) is 9.59 Å². The maximum absolute atomic E-state index is 11.6. The number of carbonyl (C=O) groups is 2. The molecule has 0 saturated carbocycles. The van der Waals surface area contributed by atoms with Crippen LogP contribution in [0.4, 0.5) is 0 Å². The third kappa shape index (κ3) is 4.83. The molecular formula is C13H14ClNO2. The Morgan fingerprint density at radius 3 is 2.29 bits per heavy atom. The molecule has 1 aromatic rings. The largest absolute Gasteiger partial charge is 0.350 e. The number of hydrogen-bond donors (Lipinski definition) is 1. The molecule has 0 radical (unpaired) electrons. The average molecular weight is 252 g/mol. The Hall–Kier alpha value is -1.61. The number of hydrogen-bond acceptors (Lipinski definition) is 2. The molecule has 0 fully saturated rings. The van der Waals surface area contributed by atoms with Crippen molar-refractivity contribution in [1.82, 2.24) is 5.32 Å². The Morgan fingerprint density at radius 1 is 1.18 bits per heavy atom. The quantitative estimate of drug-likeness (QED) is 0.660. The number of allylic oxidation sites excluding steroid dienone is 1. The standard InChI is InChI=1S/C13H14ClNO2/c1-9(2)15-13(17)8-7-12(16)10-3-5-11(14)6-4-10/h3-9H,1-2H3,(H,15,17)/b8-7-. The van der Waals surface area contributed by atoms with Gasteiger partial charge in [-0.15, -0.1) is 0 Å². The van der Waals surface area contributed by atoms with E-state index in [1.54, 1.807) is 24.3 Å². The number of rotatable bonds is 4. The minimum Gasteiger partial charge on any atom is -0.350 e. The third-order valence-electron chi connectivity index (χ3n) is 1.95. The van der Waals surface area contributed by atoms with Crippen molar-refractivity contribution < 1.29 is 9.59 Å². The van der Waals surface area contributed by atoms with Gasteiger partial charge < -0.3 is 5.32 Å². The van der Waals surface area contributed by atoms with Gasteiger partial charge in [0.2, 0.25) is 5.91 Å². The minimum absolute atomic E-state index is 0.0535. The van der Waals surface area contributed by atoms with E-state index in [2.05, 4.69) is 5.32 Å². The number of amides is 1. The van der Waals surface area contributed by atoms with Crippen molar-refractivity contribution >= 4 is 23.3 Å². The van der Waals surface area contributed by atoms with Crippen molar-refractivity contribution in [2.75, 3.05) is 0 Å². The number of benzene rings is 1. The zero-order valence-electron chi connectivity index (χ0n) is 9.74. The Bertz CT molecular complexity index is 435. The van der Waals surface area contributed by atoms with Crippen molar-refractivity contribution in [2.45, 2.75) is 19.9 Å². The Kier molecular flexibility index (Phi) is 4.91. The van der Waals surface area contributed by atoms with Crippen LogP contribution in [0.25, 0.3) is 0 Å². The summed E-state index contributed by atoms with van der Waals surface area (Å²) in [7, 11) is 0. The molecule has 0 spiro atoms. The molecule has 4 heteroatoms. The molecule has 1 N–H and O–H groups in total. The molecule has 0 aliphatic carbocycles. The number of carbonyl (C=O) groups excluding carboxylic acids is 2. The topological polar surface area (TPSA) is 46.2 Å². The van der Waals surface area contributed by atoms with E-state index in [0.717, 1.165) is 0 Å². The molecule has 0 unspecified atom stereocenters. The summed E-state index contributed by atoms with van der Waals surface area (Å²) in [5, 5.41) is 3.23. The van der Waals surface area contributed by atoms with Crippen LogP contribution in [-0.2, 0) is 4.79 Å². The molecule has 0 aromatic heterocycles. The zero-order chi connectivity index (χ0) is 12.8. The summed E-state index contributed by atoms with van der Waals surface area (Å²) in [4.78, 5) is 22.9. The predicted octanol–water partition coefficient (Wildman–Crippen LogP) is 2.60. The highest BCUT2D eigenvalue weighted by atomic mass is 35.5. The normalized spacial score (nSPS) is 10.8. The first-order chi connectivity index (χ1) is 7.99. The smallest absolute Gasteiger partial charge is 0.244 e. The highest BCUT2D eigenvalue weighted by Crippen LogP contribution is 2.10. The van der Waals surface area contributed by atoms with Crippen molar-refractivity contribution in [3.63, 3.8) is 0 Å². The highest BCUT2D eigenvalue weighted by molar-refractivity contribution is 6.30. The Labute approximate surface area is 105 Å². The number of ketones is 1. The SMILES string of the molecule is CC(C)NC(=O)/C=C\C(=O)c1ccc(Cl)cc1. The first-order valence-corrected chi connectivity index (χ1v) is 5.65. The molecular weight excluding hydrogens is 238 g/mol. The van der Waals surface area contributed by atoms with Gasteiger partial charge in [0.25, 0.3) is 0 Å². The first-order valence-electron chi connectivity index (χ1n) is 5.27. The van der Waals surface area contributed by atoms with E-state index >= 15 is 0 Å². The van der Waals surface area contributed by atoms with Gasteiger partial charge in [0.05, 0.1) is 0 Å². The summed E-state index contributed by atoms with van der Waals surface area (Å²) < 4.78 is 0. The van der Waals surface area contributed by atoms with Crippen LogP contribution in [0.15, 0.2) is 36.4 Å². The van der Waals surface area contributed by atoms with Crippen LogP contribution in [0, 0.1) is 0 Å². The summed E-state index contributed by atoms with van der Waals surface area (Å²) in [6.45, 7) is 3.71. The van der Waals surface area contributed by atoms with E-state index < -0.39 is 0 Å². The Morgan fingerprint density at radius 2 is 1.76 bits per heavy atom. The van der Waals surface area contributed by atoms with Gasteiger partial charge in [-0.25, -0.2) is 0 Å². The van der Waals surface area contributed by atoms with Gasteiger partial charge in [-0.05, 0) is 44.2 Å². The fraction of sp³-hybridized carbons (Fsp3) is 0.231. The monoisotopic (exact) mass is 251 g/mol. The van der Waals surface area contributed by atoms with Gasteiger partial charge in [0.15, 0.2) is 5.78 Å². The lowest BCUT2D eigenvalue weighted by Gasteiger charge is -2.03. The second-order valence-electron chi connectivity index (χ2n) is 3.87. The van der Waals surface area contributed by atoms with Crippen molar-refractivity contribution in [3.8, 4) is 0 Å². The van der Waals surface area contributed by atoms with E-state index in [1.165, 1.54) is 12.2 Å². The molecule has 1 rings (SSSR count). The summed E-state index contributed by atoms with van der Waals surface area (Å²) in [6, 6.07) is 6.57. The highest BCUT2D eigenvalue weighted by Gasteiger charge is 2.03. The maximum Gasteiger partial charge on any atom is 0.244 e. The Balaban J connectivity index is 2.63. The minimum atomic E-state index is -0.276. The molecule has 0 saturated heterocycles. The fourth-order valence-corrected chi connectivity index (χ4v) is 1.32. The molecule has 0 aliphatic heterocycles. The summed E-state index contributed by atoms with van der Waals surface area (Å²) in [6.07, 6.45) is 2.48. The van der Waals surface area contributed by atoms with Gasteiger partial charge in [-0.2, -0.15) is 0 Å². The summed E-state index contributed by atoms with van der Waals surface area (Å²) in [5.74, 6) is -0.497. The first kappa shape index (κ1) is 13.5. The molecule has 1 amide bonds. The van der Waals surface area contributed by atoms with E-state index in [9.17, 15) is 9.59 Å². The van der Waals surface area contributed by atoms with E-state index in [0.29, 0.717) is 10.6 Å². The van der Waals surface area contributed by atoms with Crippen molar-refractivity contribution in [1.29, 1.82) is 0 Å². The van der Waals surface area contributed by atoms with Crippen LogP contribution in [0.5, 0.6) is 0 Å².